The summed E-state index contributed by atoms with van der Waals surface area (Å²) in [6.45, 7) is 5.03. The predicted octanol–water partition coefficient (Wildman–Crippen LogP) is 10.2. The van der Waals surface area contributed by atoms with Crippen LogP contribution in [0.1, 0.15) is 56.4 Å². The number of aromatic amines is 2. The van der Waals surface area contributed by atoms with Crippen molar-refractivity contribution in [3.05, 3.63) is 145 Å². The second-order valence-corrected chi connectivity index (χ2v) is 16.4. The molecule has 8 bridgehead atoms. The Morgan fingerprint density at radius 1 is 0.569 bits per heavy atom. The zero-order valence-electron chi connectivity index (χ0n) is 35.7. The molecule has 0 unspecified atom stereocenters. The number of carboxylic acids is 1. The molecule has 7 aromatic rings. The Morgan fingerprint density at radius 2 is 0.938 bits per heavy atom. The number of hydrogen-bond donors (Lipinski definition) is 5. The molecule has 2 amide bonds. The molecular weight excluding hydrogens is 819 g/mol. The Kier molecular flexibility index (Phi) is 11.4. The van der Waals surface area contributed by atoms with Crippen LogP contribution in [0.5, 0.6) is 0 Å². The monoisotopic (exact) mass is 861 g/mol. The molecule has 65 heavy (non-hydrogen) atoms. The number of pyridine rings is 3. The van der Waals surface area contributed by atoms with Crippen LogP contribution >= 0.6 is 0 Å². The third kappa shape index (κ3) is 9.18. The Labute approximate surface area is 373 Å². The number of fused-ring (bicyclic) bond motifs is 8. The van der Waals surface area contributed by atoms with Crippen molar-refractivity contribution < 1.29 is 24.2 Å². The van der Waals surface area contributed by atoms with Gasteiger partial charge in [-0.15, -0.1) is 0 Å². The first-order valence-corrected chi connectivity index (χ1v) is 21.0. The van der Waals surface area contributed by atoms with Gasteiger partial charge in [0.25, 0.3) is 0 Å². The third-order valence-corrected chi connectivity index (χ3v) is 10.8. The van der Waals surface area contributed by atoms with E-state index >= 15 is 0 Å². The van der Waals surface area contributed by atoms with Gasteiger partial charge in [-0.3, -0.25) is 19.7 Å². The average molecular weight is 862 g/mol. The van der Waals surface area contributed by atoms with Crippen LogP contribution in [-0.2, 0) is 14.3 Å². The molecule has 6 aromatic heterocycles. The van der Waals surface area contributed by atoms with E-state index in [2.05, 4.69) is 47.7 Å². The van der Waals surface area contributed by atoms with Crippen molar-refractivity contribution in [2.45, 2.75) is 45.3 Å². The first-order chi connectivity index (χ1) is 31.5. The number of rotatable bonds is 10. The molecule has 0 fully saturated rings. The zero-order valence-corrected chi connectivity index (χ0v) is 35.7. The van der Waals surface area contributed by atoms with Gasteiger partial charge >= 0.3 is 12.1 Å². The lowest BCUT2D eigenvalue weighted by molar-refractivity contribution is -0.139. The number of carbonyl (C=O) groups is 3. The lowest BCUT2D eigenvalue weighted by atomic mass is 10.0. The van der Waals surface area contributed by atoms with Gasteiger partial charge in [-0.25, -0.2) is 19.6 Å². The van der Waals surface area contributed by atoms with Crippen LogP contribution in [0.25, 0.3) is 90.9 Å². The van der Waals surface area contributed by atoms with Crippen molar-refractivity contribution in [3.8, 4) is 44.5 Å². The Bertz CT molecular complexity index is 3140. The summed E-state index contributed by atoms with van der Waals surface area (Å²) in [7, 11) is 0. The summed E-state index contributed by atoms with van der Waals surface area (Å²) in [4.78, 5) is 68.2. The van der Waals surface area contributed by atoms with Crippen molar-refractivity contribution in [1.29, 1.82) is 0 Å². The Hall–Kier alpha value is -8.52. The van der Waals surface area contributed by atoms with Crippen LogP contribution in [0.3, 0.4) is 0 Å². The number of nitrogens with zero attached hydrogens (tertiary/aromatic N) is 5. The number of anilines is 1. The zero-order chi connectivity index (χ0) is 45.1. The van der Waals surface area contributed by atoms with Crippen LogP contribution in [0.2, 0.25) is 0 Å². The fourth-order valence-corrected chi connectivity index (χ4v) is 7.90. The van der Waals surface area contributed by atoms with Crippen molar-refractivity contribution in [3.63, 3.8) is 0 Å². The molecule has 5 N–H and O–H groups in total. The van der Waals surface area contributed by atoms with Crippen LogP contribution in [0.15, 0.2) is 122 Å². The largest absolute Gasteiger partial charge is 0.480 e. The number of aromatic nitrogens is 7. The van der Waals surface area contributed by atoms with E-state index in [1.807, 2.05) is 85.0 Å². The molecule has 9 rings (SSSR count). The van der Waals surface area contributed by atoms with Crippen LogP contribution in [0, 0.1) is 0 Å². The number of hydrogen-bond acceptors (Lipinski definition) is 9. The van der Waals surface area contributed by atoms with Gasteiger partial charge in [0.05, 0.1) is 22.8 Å². The first kappa shape index (κ1) is 41.8. The number of amides is 2. The predicted molar refractivity (Wildman–Crippen MR) is 253 cm³/mol. The highest BCUT2D eigenvalue weighted by Crippen LogP contribution is 2.38. The van der Waals surface area contributed by atoms with Crippen LogP contribution in [0.4, 0.5) is 10.5 Å². The summed E-state index contributed by atoms with van der Waals surface area (Å²) in [6.07, 6.45) is 17.5. The number of aliphatic carboxylic acids is 1. The molecule has 2 aliphatic heterocycles. The second kappa shape index (κ2) is 17.7. The highest BCUT2D eigenvalue weighted by atomic mass is 16.6. The van der Waals surface area contributed by atoms with E-state index in [1.54, 1.807) is 70.1 Å². The van der Waals surface area contributed by atoms with E-state index in [9.17, 15) is 19.5 Å². The van der Waals surface area contributed by atoms with Gasteiger partial charge in [0.15, 0.2) is 0 Å². The molecular formula is C51H43N9O5. The summed E-state index contributed by atoms with van der Waals surface area (Å²) in [5, 5.41) is 14.9. The van der Waals surface area contributed by atoms with E-state index in [0.717, 1.165) is 83.7 Å². The van der Waals surface area contributed by atoms with Crippen molar-refractivity contribution in [2.75, 3.05) is 5.32 Å². The van der Waals surface area contributed by atoms with E-state index in [1.165, 1.54) is 0 Å². The molecule has 1 aromatic carbocycles. The maximum atomic E-state index is 13.1. The number of nitrogens with one attached hydrogen (secondary N) is 4. The summed E-state index contributed by atoms with van der Waals surface area (Å²) in [5.41, 5.74) is 13.1. The van der Waals surface area contributed by atoms with Gasteiger partial charge in [-0.05, 0) is 147 Å². The molecule has 0 saturated heterocycles. The molecule has 0 radical (unpaired) electrons. The van der Waals surface area contributed by atoms with E-state index < -0.39 is 29.6 Å². The quantitative estimate of drug-likeness (QED) is 0.0881. The Morgan fingerprint density at radius 3 is 1.29 bits per heavy atom. The highest BCUT2D eigenvalue weighted by Gasteiger charge is 2.25. The molecule has 14 nitrogen and oxygen atoms in total. The highest BCUT2D eigenvalue weighted by molar-refractivity contribution is 6.00. The van der Waals surface area contributed by atoms with Gasteiger partial charge in [-0.1, -0.05) is 12.1 Å². The topological polar surface area (TPSA) is 201 Å². The minimum atomic E-state index is -1.31. The van der Waals surface area contributed by atoms with Gasteiger partial charge in [-0.2, -0.15) is 0 Å². The first-order valence-electron chi connectivity index (χ1n) is 21.0. The number of benzene rings is 1. The SMILES string of the molecule is CC(C)(C)OC(=O)N[C@@H](CCC(=O)Nc1ccc(-c2c3nc(c(-c4ccncc4)c4ccc([nH]4)c(-c4ccncc4)c4nc(c(-c5ccncc5)c5ccc2[nH]5)C=C4)C=C3)cc1)C(=O)O. The number of H-pyrrole nitrogens is 2. The Balaban J connectivity index is 1.18. The summed E-state index contributed by atoms with van der Waals surface area (Å²) < 4.78 is 5.20. The second-order valence-electron chi connectivity index (χ2n) is 16.4. The minimum Gasteiger partial charge on any atom is -0.480 e. The fraction of sp³-hybridized carbons (Fsp3) is 0.137. The molecule has 14 heteroatoms. The maximum Gasteiger partial charge on any atom is 0.408 e. The molecule has 8 heterocycles. The number of ether oxygens (including phenoxy) is 1. The minimum absolute atomic E-state index is 0.136. The maximum absolute atomic E-state index is 13.1. The average Bonchev–Trinajstić information content (AvgIpc) is 4.15. The van der Waals surface area contributed by atoms with Gasteiger partial charge in [0.1, 0.15) is 11.6 Å². The number of carbonyl (C=O) groups excluding carboxylic acids is 2. The third-order valence-electron chi connectivity index (χ3n) is 10.8. The summed E-state index contributed by atoms with van der Waals surface area (Å²) in [5.74, 6) is -1.68. The van der Waals surface area contributed by atoms with Gasteiger partial charge in [0.2, 0.25) is 5.91 Å². The van der Waals surface area contributed by atoms with Crippen LogP contribution in [-0.4, -0.2) is 69.6 Å². The molecule has 0 saturated carbocycles. The molecule has 0 spiro atoms. The van der Waals surface area contributed by atoms with Gasteiger partial charge < -0.3 is 30.4 Å². The molecule has 1 atom stereocenters. The lowest BCUT2D eigenvalue weighted by Gasteiger charge is -2.21. The summed E-state index contributed by atoms with van der Waals surface area (Å²) >= 11 is 0. The number of carboxylic acid groups (broad SMARTS) is 1. The molecule has 2 aliphatic rings. The smallest absolute Gasteiger partial charge is 0.408 e. The van der Waals surface area contributed by atoms with E-state index in [-0.39, 0.29) is 12.8 Å². The van der Waals surface area contributed by atoms with E-state index in [0.29, 0.717) is 11.4 Å². The normalized spacial score (nSPS) is 12.4. The summed E-state index contributed by atoms with van der Waals surface area (Å²) in [6, 6.07) is 26.1. The number of alkyl carbamates (subject to hydrolysis) is 1. The fourth-order valence-electron chi connectivity index (χ4n) is 7.90. The molecule has 322 valence electrons. The lowest BCUT2D eigenvalue weighted by Crippen LogP contribution is -2.43. The van der Waals surface area contributed by atoms with Gasteiger partial charge in [0, 0.05) is 93.6 Å². The standard InChI is InChI=1S/C51H43N9O5/c1-51(2,3)65-50(64)60-43(49(62)63)16-17-44(61)55-34-6-4-30(5-7-34)45-35-8-10-37(56-35)46(31-18-24-52-25-19-31)39-12-14-41(58-39)48(33-22-28-54-29-23-33)42-15-13-40(59-42)47(32-20-26-53-27-21-32)38-11-9-36(45)57-38/h4-15,18-29,43,56,59H,16-17H2,1-3H3,(H,55,61)(H,60,64)(H,62,63)/t43-/m0/s1. The van der Waals surface area contributed by atoms with Crippen molar-refractivity contribution in [1.82, 2.24) is 40.2 Å². The van der Waals surface area contributed by atoms with Crippen molar-refractivity contribution in [2.24, 2.45) is 0 Å². The van der Waals surface area contributed by atoms with E-state index in [4.69, 9.17) is 14.7 Å². The van der Waals surface area contributed by atoms with Crippen LogP contribution < -0.4 is 10.6 Å². The van der Waals surface area contributed by atoms with Crippen molar-refractivity contribution >= 4 is 70.0 Å². The molecule has 0 aliphatic carbocycles.